The molecular formula is C20H27F2N5O. The van der Waals surface area contributed by atoms with Gasteiger partial charge in [0.15, 0.2) is 5.96 Å². The average molecular weight is 391 g/mol. The van der Waals surface area contributed by atoms with Crippen molar-refractivity contribution in [3.8, 4) is 5.75 Å². The molecule has 2 aromatic rings. The Hall–Kier alpha value is -2.64. The molecule has 0 atom stereocenters. The highest BCUT2D eigenvalue weighted by atomic mass is 19.3. The molecule has 28 heavy (non-hydrogen) atoms. The quantitative estimate of drug-likeness (QED) is 0.557. The molecule has 0 saturated heterocycles. The predicted octanol–water partition coefficient (Wildman–Crippen LogP) is 3.77. The second-order valence-electron chi connectivity index (χ2n) is 6.99. The lowest BCUT2D eigenvalue weighted by atomic mass is 10.1. The molecule has 0 aliphatic heterocycles. The van der Waals surface area contributed by atoms with Crippen molar-refractivity contribution < 1.29 is 13.5 Å². The number of guanidine groups is 1. The van der Waals surface area contributed by atoms with Crippen molar-refractivity contribution in [2.75, 3.05) is 7.05 Å². The van der Waals surface area contributed by atoms with Gasteiger partial charge in [-0.3, -0.25) is 9.67 Å². The monoisotopic (exact) mass is 391 g/mol. The zero-order valence-corrected chi connectivity index (χ0v) is 16.3. The SMILES string of the molecule is CN=C(NCc1ccn(C2CCCC2)n1)NCc1cc(C)ccc1OC(F)F. The van der Waals surface area contributed by atoms with Gasteiger partial charge in [0.2, 0.25) is 0 Å². The van der Waals surface area contributed by atoms with E-state index in [0.29, 0.717) is 30.7 Å². The Morgan fingerprint density at radius 3 is 2.71 bits per heavy atom. The van der Waals surface area contributed by atoms with E-state index in [4.69, 9.17) is 0 Å². The first-order valence-corrected chi connectivity index (χ1v) is 9.58. The number of nitrogens with one attached hydrogen (secondary N) is 2. The van der Waals surface area contributed by atoms with Crippen molar-refractivity contribution >= 4 is 5.96 Å². The van der Waals surface area contributed by atoms with Gasteiger partial charge >= 0.3 is 6.61 Å². The van der Waals surface area contributed by atoms with Crippen LogP contribution in [0, 0.1) is 6.92 Å². The minimum Gasteiger partial charge on any atom is -0.434 e. The number of aromatic nitrogens is 2. The van der Waals surface area contributed by atoms with Gasteiger partial charge in [0.1, 0.15) is 5.75 Å². The minimum absolute atomic E-state index is 0.166. The molecule has 1 saturated carbocycles. The van der Waals surface area contributed by atoms with Crippen molar-refractivity contribution in [1.29, 1.82) is 0 Å². The van der Waals surface area contributed by atoms with Gasteiger partial charge in [-0.2, -0.15) is 13.9 Å². The number of benzene rings is 1. The number of aliphatic imine (C=N–C) groups is 1. The fourth-order valence-electron chi connectivity index (χ4n) is 3.48. The van der Waals surface area contributed by atoms with Crippen LogP contribution in [0.1, 0.15) is 48.5 Å². The van der Waals surface area contributed by atoms with Crippen LogP contribution >= 0.6 is 0 Å². The molecule has 152 valence electrons. The zero-order valence-electron chi connectivity index (χ0n) is 16.3. The second kappa shape index (κ2) is 9.52. The standard InChI is InChI=1S/C20H27F2N5O/c1-14-7-8-18(28-19(21)22)15(11-14)12-24-20(23-2)25-13-16-9-10-27(26-16)17-5-3-4-6-17/h7-11,17,19H,3-6,12-13H2,1-2H3,(H2,23,24,25). The third-order valence-electron chi connectivity index (χ3n) is 4.90. The third-order valence-corrected chi connectivity index (χ3v) is 4.90. The van der Waals surface area contributed by atoms with Crippen LogP contribution in [0.2, 0.25) is 0 Å². The lowest BCUT2D eigenvalue weighted by Gasteiger charge is -2.15. The molecule has 1 aromatic heterocycles. The summed E-state index contributed by atoms with van der Waals surface area (Å²) in [7, 11) is 1.67. The minimum atomic E-state index is -2.85. The molecule has 0 bridgehead atoms. The van der Waals surface area contributed by atoms with Gasteiger partial charge in [-0.15, -0.1) is 0 Å². The molecule has 0 unspecified atom stereocenters. The maximum absolute atomic E-state index is 12.6. The number of nitrogens with zero attached hydrogens (tertiary/aromatic N) is 3. The van der Waals surface area contributed by atoms with E-state index in [1.807, 2.05) is 25.3 Å². The number of hydrogen-bond acceptors (Lipinski definition) is 3. The molecular weight excluding hydrogens is 364 g/mol. The van der Waals surface area contributed by atoms with Gasteiger partial charge in [-0.25, -0.2) is 0 Å². The molecule has 1 heterocycles. The van der Waals surface area contributed by atoms with E-state index in [-0.39, 0.29) is 5.75 Å². The first kappa shape index (κ1) is 20.1. The van der Waals surface area contributed by atoms with E-state index in [1.165, 1.54) is 25.7 Å². The van der Waals surface area contributed by atoms with Gasteiger partial charge in [0.05, 0.1) is 18.3 Å². The maximum Gasteiger partial charge on any atom is 0.387 e. The number of alkyl halides is 2. The number of rotatable bonds is 7. The Morgan fingerprint density at radius 2 is 2.00 bits per heavy atom. The summed E-state index contributed by atoms with van der Waals surface area (Å²) in [5.74, 6) is 0.735. The lowest BCUT2D eigenvalue weighted by Crippen LogP contribution is -2.36. The predicted molar refractivity (Wildman–Crippen MR) is 105 cm³/mol. The van der Waals surface area contributed by atoms with Gasteiger partial charge in [-0.05, 0) is 31.9 Å². The highest BCUT2D eigenvalue weighted by molar-refractivity contribution is 5.79. The highest BCUT2D eigenvalue weighted by Gasteiger charge is 2.17. The Morgan fingerprint density at radius 1 is 1.25 bits per heavy atom. The van der Waals surface area contributed by atoms with Gasteiger partial charge < -0.3 is 15.4 Å². The summed E-state index contributed by atoms with van der Waals surface area (Å²) in [6.07, 6.45) is 6.95. The molecule has 6 nitrogen and oxygen atoms in total. The number of halogens is 2. The van der Waals surface area contributed by atoms with Crippen LogP contribution in [0.3, 0.4) is 0 Å². The van der Waals surface area contributed by atoms with Crippen LogP contribution in [0.25, 0.3) is 0 Å². The fraction of sp³-hybridized carbons (Fsp3) is 0.500. The summed E-state index contributed by atoms with van der Waals surface area (Å²) in [6.45, 7) is -0.0921. The summed E-state index contributed by atoms with van der Waals surface area (Å²) in [4.78, 5) is 4.19. The summed E-state index contributed by atoms with van der Waals surface area (Å²) < 4.78 is 31.9. The number of hydrogen-bond donors (Lipinski definition) is 2. The summed E-state index contributed by atoms with van der Waals surface area (Å²) >= 11 is 0. The Bertz CT molecular complexity index is 800. The van der Waals surface area contributed by atoms with E-state index >= 15 is 0 Å². The first-order chi connectivity index (χ1) is 13.5. The van der Waals surface area contributed by atoms with Crippen LogP contribution in [0.15, 0.2) is 35.5 Å². The van der Waals surface area contributed by atoms with Crippen LogP contribution in [-0.2, 0) is 13.1 Å². The van der Waals surface area contributed by atoms with Gasteiger partial charge in [0.25, 0.3) is 0 Å². The van der Waals surface area contributed by atoms with Crippen LogP contribution < -0.4 is 15.4 Å². The highest BCUT2D eigenvalue weighted by Crippen LogP contribution is 2.28. The van der Waals surface area contributed by atoms with Crippen LogP contribution in [0.5, 0.6) is 5.75 Å². The lowest BCUT2D eigenvalue weighted by molar-refractivity contribution is -0.0504. The van der Waals surface area contributed by atoms with Crippen molar-refractivity contribution in [3.63, 3.8) is 0 Å². The smallest absolute Gasteiger partial charge is 0.387 e. The van der Waals surface area contributed by atoms with Gasteiger partial charge in [-0.1, -0.05) is 30.5 Å². The van der Waals surface area contributed by atoms with E-state index < -0.39 is 6.61 Å². The zero-order chi connectivity index (χ0) is 19.9. The van der Waals surface area contributed by atoms with E-state index in [1.54, 1.807) is 19.2 Å². The maximum atomic E-state index is 12.6. The number of ether oxygens (including phenoxy) is 1. The Kier molecular flexibility index (Phi) is 6.84. The third kappa shape index (κ3) is 5.43. The molecule has 1 aromatic carbocycles. The normalized spacial score (nSPS) is 15.2. The summed E-state index contributed by atoms with van der Waals surface area (Å²) in [5, 5.41) is 11.0. The van der Waals surface area contributed by atoms with E-state index in [2.05, 4.69) is 30.1 Å². The van der Waals surface area contributed by atoms with Crippen LogP contribution in [-0.4, -0.2) is 29.4 Å². The topological polar surface area (TPSA) is 63.5 Å². The fourth-order valence-corrected chi connectivity index (χ4v) is 3.48. The first-order valence-electron chi connectivity index (χ1n) is 9.58. The van der Waals surface area contributed by atoms with E-state index in [9.17, 15) is 8.78 Å². The molecule has 1 fully saturated rings. The Balaban J connectivity index is 1.54. The Labute approximate surface area is 164 Å². The van der Waals surface area contributed by atoms with Crippen molar-refractivity contribution in [3.05, 3.63) is 47.3 Å². The molecule has 1 aliphatic rings. The molecule has 3 rings (SSSR count). The summed E-state index contributed by atoms with van der Waals surface area (Å²) in [6, 6.07) is 7.65. The molecule has 0 radical (unpaired) electrons. The number of aryl methyl sites for hydroxylation is 1. The van der Waals surface area contributed by atoms with Crippen molar-refractivity contribution in [2.24, 2.45) is 4.99 Å². The van der Waals surface area contributed by atoms with E-state index in [0.717, 1.165) is 11.3 Å². The van der Waals surface area contributed by atoms with Crippen molar-refractivity contribution in [1.82, 2.24) is 20.4 Å². The molecule has 0 amide bonds. The molecule has 1 aliphatic carbocycles. The second-order valence-corrected chi connectivity index (χ2v) is 6.99. The summed E-state index contributed by atoms with van der Waals surface area (Å²) in [5.41, 5.74) is 2.56. The molecule has 2 N–H and O–H groups in total. The molecule has 8 heteroatoms. The average Bonchev–Trinajstić information content (AvgIpc) is 3.35. The largest absolute Gasteiger partial charge is 0.434 e. The molecule has 0 spiro atoms. The van der Waals surface area contributed by atoms with Crippen molar-refractivity contribution in [2.45, 2.75) is 58.3 Å². The van der Waals surface area contributed by atoms with Gasteiger partial charge in [0, 0.05) is 25.4 Å². The van der Waals surface area contributed by atoms with Crippen LogP contribution in [0.4, 0.5) is 8.78 Å².